The van der Waals surface area contributed by atoms with E-state index in [1.807, 2.05) is 0 Å². The molecule has 0 spiro atoms. The van der Waals surface area contributed by atoms with Crippen molar-refractivity contribution in [2.24, 2.45) is 0 Å². The van der Waals surface area contributed by atoms with E-state index in [-0.39, 0.29) is 5.75 Å². The van der Waals surface area contributed by atoms with E-state index < -0.39 is 5.63 Å². The zero-order valence-electron chi connectivity index (χ0n) is 11.0. The van der Waals surface area contributed by atoms with Gasteiger partial charge in [-0.2, -0.15) is 0 Å². The molecule has 0 atom stereocenters. The van der Waals surface area contributed by atoms with E-state index in [0.717, 1.165) is 5.39 Å². The predicted octanol–water partition coefficient (Wildman–Crippen LogP) is 2.67. The summed E-state index contributed by atoms with van der Waals surface area (Å²) < 4.78 is 15.7. The summed E-state index contributed by atoms with van der Waals surface area (Å²) in [6, 6.07) is 8.15. The molecule has 0 bridgehead atoms. The standard InChI is InChI=1S/C15H12O5/c1-18-11-6-5-10-9-4-3-8(16)7-12(9)20-15(17)13(10)14(11)19-2/h3-7,16H,1-2H3. The first-order valence-corrected chi connectivity index (χ1v) is 5.96. The molecule has 2 aromatic carbocycles. The average molecular weight is 272 g/mol. The Morgan fingerprint density at radius 1 is 1.05 bits per heavy atom. The van der Waals surface area contributed by atoms with Gasteiger partial charge in [-0.15, -0.1) is 0 Å². The molecule has 1 N–H and O–H groups in total. The second kappa shape index (κ2) is 4.45. The zero-order valence-corrected chi connectivity index (χ0v) is 11.0. The maximum atomic E-state index is 12.2. The molecular formula is C15H12O5. The fourth-order valence-corrected chi connectivity index (χ4v) is 2.32. The van der Waals surface area contributed by atoms with Gasteiger partial charge in [-0.25, -0.2) is 4.79 Å². The molecule has 3 aromatic rings. The lowest BCUT2D eigenvalue weighted by Gasteiger charge is -2.11. The highest BCUT2D eigenvalue weighted by Gasteiger charge is 2.16. The fraction of sp³-hybridized carbons (Fsp3) is 0.133. The maximum absolute atomic E-state index is 12.2. The highest BCUT2D eigenvalue weighted by molar-refractivity contribution is 6.07. The van der Waals surface area contributed by atoms with Crippen LogP contribution < -0.4 is 15.1 Å². The van der Waals surface area contributed by atoms with Crippen molar-refractivity contribution in [2.45, 2.75) is 0 Å². The quantitative estimate of drug-likeness (QED) is 0.573. The third-order valence-corrected chi connectivity index (χ3v) is 3.21. The second-order valence-corrected chi connectivity index (χ2v) is 4.29. The molecule has 0 unspecified atom stereocenters. The van der Waals surface area contributed by atoms with Crippen LogP contribution in [0.1, 0.15) is 0 Å². The highest BCUT2D eigenvalue weighted by Crippen LogP contribution is 2.36. The Morgan fingerprint density at radius 3 is 2.50 bits per heavy atom. The molecule has 5 heteroatoms. The molecule has 20 heavy (non-hydrogen) atoms. The number of ether oxygens (including phenoxy) is 2. The summed E-state index contributed by atoms with van der Waals surface area (Å²) in [7, 11) is 2.97. The SMILES string of the molecule is COc1ccc2c(c1OC)c(=O)oc1cc(O)ccc12. The molecule has 0 fully saturated rings. The molecule has 0 aliphatic rings. The average Bonchev–Trinajstić information content (AvgIpc) is 2.45. The number of benzene rings is 2. The van der Waals surface area contributed by atoms with E-state index in [2.05, 4.69) is 0 Å². The van der Waals surface area contributed by atoms with Crippen LogP contribution in [0.3, 0.4) is 0 Å². The van der Waals surface area contributed by atoms with Crippen LogP contribution >= 0.6 is 0 Å². The number of fused-ring (bicyclic) bond motifs is 3. The monoisotopic (exact) mass is 272 g/mol. The molecule has 0 aliphatic carbocycles. The number of hydrogen-bond acceptors (Lipinski definition) is 5. The van der Waals surface area contributed by atoms with E-state index in [9.17, 15) is 9.90 Å². The summed E-state index contributed by atoms with van der Waals surface area (Å²) in [4.78, 5) is 12.2. The Balaban J connectivity index is 2.55. The van der Waals surface area contributed by atoms with Crippen LogP contribution in [0.5, 0.6) is 17.2 Å². The molecule has 5 nitrogen and oxygen atoms in total. The van der Waals surface area contributed by atoms with Gasteiger partial charge in [0.25, 0.3) is 0 Å². The van der Waals surface area contributed by atoms with Gasteiger partial charge in [0.05, 0.1) is 14.2 Å². The number of phenols is 1. The highest BCUT2D eigenvalue weighted by atomic mass is 16.5. The van der Waals surface area contributed by atoms with Crippen molar-refractivity contribution in [3.8, 4) is 17.2 Å². The molecule has 0 aliphatic heterocycles. The predicted molar refractivity (Wildman–Crippen MR) is 74.8 cm³/mol. The van der Waals surface area contributed by atoms with Crippen LogP contribution in [0, 0.1) is 0 Å². The topological polar surface area (TPSA) is 68.9 Å². The molecule has 3 rings (SSSR count). The van der Waals surface area contributed by atoms with Gasteiger partial charge in [0.1, 0.15) is 16.7 Å². The van der Waals surface area contributed by atoms with Crippen molar-refractivity contribution < 1.29 is 19.0 Å². The van der Waals surface area contributed by atoms with Crippen LogP contribution in [0.4, 0.5) is 0 Å². The van der Waals surface area contributed by atoms with Crippen molar-refractivity contribution in [2.75, 3.05) is 14.2 Å². The molecule has 1 heterocycles. The van der Waals surface area contributed by atoms with Gasteiger partial charge in [0, 0.05) is 16.8 Å². The van der Waals surface area contributed by atoms with Crippen LogP contribution in [0.15, 0.2) is 39.5 Å². The van der Waals surface area contributed by atoms with E-state index in [1.54, 1.807) is 24.3 Å². The van der Waals surface area contributed by atoms with Gasteiger partial charge in [-0.3, -0.25) is 0 Å². The number of methoxy groups -OCH3 is 2. The molecular weight excluding hydrogens is 260 g/mol. The molecule has 1 aromatic heterocycles. The lowest BCUT2D eigenvalue weighted by Crippen LogP contribution is -2.03. The Labute approximate surface area is 114 Å². The largest absolute Gasteiger partial charge is 0.508 e. The zero-order chi connectivity index (χ0) is 14.3. The summed E-state index contributed by atoms with van der Waals surface area (Å²) in [5, 5.41) is 11.2. The van der Waals surface area contributed by atoms with Crippen molar-refractivity contribution in [1.82, 2.24) is 0 Å². The van der Waals surface area contributed by atoms with Gasteiger partial charge < -0.3 is 19.0 Å². The van der Waals surface area contributed by atoms with Crippen molar-refractivity contribution in [1.29, 1.82) is 0 Å². The van der Waals surface area contributed by atoms with E-state index >= 15 is 0 Å². The number of phenolic OH excluding ortho intramolecular Hbond substituents is 1. The summed E-state index contributed by atoms with van der Waals surface area (Å²) in [6.45, 7) is 0. The van der Waals surface area contributed by atoms with E-state index in [1.165, 1.54) is 20.3 Å². The minimum Gasteiger partial charge on any atom is -0.508 e. The molecule has 0 saturated carbocycles. The maximum Gasteiger partial charge on any atom is 0.348 e. The minimum absolute atomic E-state index is 0.0421. The normalized spacial score (nSPS) is 10.9. The van der Waals surface area contributed by atoms with Crippen LogP contribution in [0.2, 0.25) is 0 Å². The van der Waals surface area contributed by atoms with E-state index in [4.69, 9.17) is 13.9 Å². The molecule has 0 saturated heterocycles. The van der Waals surface area contributed by atoms with Crippen molar-refractivity contribution in [3.05, 3.63) is 40.8 Å². The van der Waals surface area contributed by atoms with Crippen molar-refractivity contribution >= 4 is 21.7 Å². The number of hydrogen-bond donors (Lipinski definition) is 1. The third-order valence-electron chi connectivity index (χ3n) is 3.21. The van der Waals surface area contributed by atoms with Gasteiger partial charge in [-0.05, 0) is 24.3 Å². The number of rotatable bonds is 2. The summed E-state index contributed by atoms with van der Waals surface area (Å²) in [5.74, 6) is 0.847. The van der Waals surface area contributed by atoms with Gasteiger partial charge in [0.15, 0.2) is 11.5 Å². The van der Waals surface area contributed by atoms with Gasteiger partial charge in [-0.1, -0.05) is 0 Å². The first kappa shape index (κ1) is 12.3. The molecule has 102 valence electrons. The van der Waals surface area contributed by atoms with Crippen LogP contribution in [-0.2, 0) is 0 Å². The summed E-state index contributed by atoms with van der Waals surface area (Å²) >= 11 is 0. The summed E-state index contributed by atoms with van der Waals surface area (Å²) in [5.41, 5.74) is -0.205. The Morgan fingerprint density at radius 2 is 1.80 bits per heavy atom. The Kier molecular flexibility index (Phi) is 2.75. The fourth-order valence-electron chi connectivity index (χ4n) is 2.32. The van der Waals surface area contributed by atoms with Crippen LogP contribution in [0.25, 0.3) is 21.7 Å². The van der Waals surface area contributed by atoms with Crippen molar-refractivity contribution in [3.63, 3.8) is 0 Å². The van der Waals surface area contributed by atoms with Gasteiger partial charge >= 0.3 is 5.63 Å². The molecule has 0 radical (unpaired) electrons. The number of aromatic hydroxyl groups is 1. The Hall–Kier alpha value is -2.69. The van der Waals surface area contributed by atoms with Gasteiger partial charge in [0.2, 0.25) is 0 Å². The second-order valence-electron chi connectivity index (χ2n) is 4.29. The first-order valence-electron chi connectivity index (χ1n) is 5.96. The first-order chi connectivity index (χ1) is 9.65. The lowest BCUT2D eigenvalue weighted by atomic mass is 10.1. The summed E-state index contributed by atoms with van der Waals surface area (Å²) in [6.07, 6.45) is 0. The van der Waals surface area contributed by atoms with E-state index in [0.29, 0.717) is 27.9 Å². The third kappa shape index (κ3) is 1.67. The Bertz CT molecular complexity index is 863. The molecule has 0 amide bonds. The smallest absolute Gasteiger partial charge is 0.348 e. The minimum atomic E-state index is -0.533. The van der Waals surface area contributed by atoms with Crippen LogP contribution in [-0.4, -0.2) is 19.3 Å². The lowest BCUT2D eigenvalue weighted by molar-refractivity contribution is 0.357.